The van der Waals surface area contributed by atoms with E-state index >= 15 is 0 Å². The van der Waals surface area contributed by atoms with E-state index < -0.39 is 16.1 Å². The number of hydrogen-bond acceptors (Lipinski definition) is 0. The van der Waals surface area contributed by atoms with E-state index in [2.05, 4.69) is 69.2 Å². The Balaban J connectivity index is 3.43. The summed E-state index contributed by atoms with van der Waals surface area (Å²) in [5.74, 6) is 10.2. The fraction of sp³-hybridized carbons (Fsp3) is 0.333. The minimum atomic E-state index is -1.60. The average molecular weight is 371 g/mol. The van der Waals surface area contributed by atoms with Gasteiger partial charge in [0.1, 0.15) is 8.07 Å². The van der Waals surface area contributed by atoms with Crippen molar-refractivity contribution in [1.29, 1.82) is 0 Å². The standard InChI is InChI=1S/C21H27ClSi2/c1-8-9-19(16-17-23(2,3)4)21(24(5,6)7)15-12-18-10-13-20(22)14-11-18/h8,10-11,13-14H,1,9H2,2-7H3/b21-19-. The molecule has 0 radical (unpaired) electrons. The molecular formula is C21H27ClSi2. The highest BCUT2D eigenvalue weighted by Crippen LogP contribution is 2.21. The van der Waals surface area contributed by atoms with Crippen LogP contribution in [-0.4, -0.2) is 16.1 Å². The summed E-state index contributed by atoms with van der Waals surface area (Å²) in [5, 5.41) is 1.96. The van der Waals surface area contributed by atoms with E-state index in [4.69, 9.17) is 11.6 Å². The summed E-state index contributed by atoms with van der Waals surface area (Å²) in [6.07, 6.45) is 2.71. The minimum absolute atomic E-state index is 0.731. The highest BCUT2D eigenvalue weighted by Gasteiger charge is 2.21. The smallest absolute Gasteiger partial charge is 0.127 e. The molecule has 0 amide bonds. The van der Waals surface area contributed by atoms with Crippen LogP contribution in [0.2, 0.25) is 44.3 Å². The Hall–Kier alpha value is -1.46. The van der Waals surface area contributed by atoms with Gasteiger partial charge in [-0.05, 0) is 35.9 Å². The van der Waals surface area contributed by atoms with Gasteiger partial charge in [0, 0.05) is 16.2 Å². The molecule has 126 valence electrons. The zero-order valence-corrected chi connectivity index (χ0v) is 18.4. The van der Waals surface area contributed by atoms with E-state index in [1.807, 2.05) is 30.3 Å². The molecule has 0 saturated carbocycles. The summed E-state index contributed by atoms with van der Waals surface area (Å²) in [5.41, 5.74) is 5.61. The van der Waals surface area contributed by atoms with Gasteiger partial charge in [-0.1, -0.05) is 74.7 Å². The lowest BCUT2D eigenvalue weighted by molar-refractivity contribution is 1.30. The minimum Gasteiger partial charge on any atom is -0.127 e. The number of hydrogen-bond donors (Lipinski definition) is 0. The molecule has 24 heavy (non-hydrogen) atoms. The largest absolute Gasteiger partial charge is 0.129 e. The predicted octanol–water partition coefficient (Wildman–Crippen LogP) is 6.32. The van der Waals surface area contributed by atoms with Crippen LogP contribution in [0, 0.1) is 23.3 Å². The van der Waals surface area contributed by atoms with Gasteiger partial charge in [-0.2, -0.15) is 0 Å². The Morgan fingerprint density at radius 1 is 1.04 bits per heavy atom. The average Bonchev–Trinajstić information content (AvgIpc) is 2.44. The summed E-state index contributed by atoms with van der Waals surface area (Å²) in [6, 6.07) is 7.66. The maximum atomic E-state index is 5.95. The van der Waals surface area contributed by atoms with Crippen LogP contribution in [0.1, 0.15) is 12.0 Å². The first-order valence-corrected chi connectivity index (χ1v) is 15.6. The van der Waals surface area contributed by atoms with E-state index in [0.717, 1.165) is 22.6 Å². The van der Waals surface area contributed by atoms with Gasteiger partial charge in [-0.25, -0.2) is 0 Å². The SMILES string of the molecule is C=CC/C(C#C[Si](C)(C)C)=C(\C#Cc1ccc(Cl)cc1)[Si](C)(C)C. The molecule has 3 heteroatoms. The van der Waals surface area contributed by atoms with Crippen LogP contribution >= 0.6 is 11.6 Å². The molecule has 0 unspecified atom stereocenters. The van der Waals surface area contributed by atoms with Gasteiger partial charge in [0.05, 0.1) is 8.07 Å². The van der Waals surface area contributed by atoms with Crippen LogP contribution in [0.15, 0.2) is 47.7 Å². The molecule has 1 rings (SSSR count). The highest BCUT2D eigenvalue weighted by atomic mass is 35.5. The van der Waals surface area contributed by atoms with E-state index in [1.165, 1.54) is 5.20 Å². The summed E-state index contributed by atoms with van der Waals surface area (Å²) in [6.45, 7) is 17.6. The lowest BCUT2D eigenvalue weighted by Gasteiger charge is -2.18. The first-order valence-electron chi connectivity index (χ1n) is 8.18. The monoisotopic (exact) mass is 370 g/mol. The van der Waals surface area contributed by atoms with Crippen molar-refractivity contribution in [2.75, 3.05) is 0 Å². The second-order valence-electron chi connectivity index (χ2n) is 7.85. The van der Waals surface area contributed by atoms with Crippen molar-refractivity contribution >= 4 is 27.7 Å². The Bertz CT molecular complexity index is 734. The van der Waals surface area contributed by atoms with Crippen LogP contribution in [0.25, 0.3) is 0 Å². The van der Waals surface area contributed by atoms with Crippen molar-refractivity contribution in [3.8, 4) is 23.3 Å². The fourth-order valence-electron chi connectivity index (χ4n) is 2.01. The molecule has 0 atom stereocenters. The normalized spacial score (nSPS) is 12.3. The third-order valence-electron chi connectivity index (χ3n) is 3.16. The maximum absolute atomic E-state index is 5.95. The van der Waals surface area contributed by atoms with Gasteiger partial charge in [0.25, 0.3) is 0 Å². The highest BCUT2D eigenvalue weighted by molar-refractivity contribution is 6.85. The van der Waals surface area contributed by atoms with Crippen molar-refractivity contribution in [3.05, 3.63) is 58.3 Å². The zero-order valence-electron chi connectivity index (χ0n) is 15.7. The first-order chi connectivity index (χ1) is 11.0. The predicted molar refractivity (Wildman–Crippen MR) is 115 cm³/mol. The molecule has 1 aromatic rings. The maximum Gasteiger partial charge on any atom is 0.129 e. The molecule has 0 N–H and O–H groups in total. The molecule has 0 aliphatic carbocycles. The topological polar surface area (TPSA) is 0 Å². The Kier molecular flexibility index (Phi) is 7.36. The third-order valence-corrected chi connectivity index (χ3v) is 6.22. The summed E-state index contributed by atoms with van der Waals surface area (Å²) in [4.78, 5) is 0. The number of benzene rings is 1. The fourth-order valence-corrected chi connectivity index (χ4v) is 4.17. The Labute approximate surface area is 155 Å². The molecule has 0 heterocycles. The molecule has 0 aromatic heterocycles. The molecule has 0 nitrogen and oxygen atoms in total. The van der Waals surface area contributed by atoms with Crippen molar-refractivity contribution in [1.82, 2.24) is 0 Å². The summed E-state index contributed by atoms with van der Waals surface area (Å²) >= 11 is 5.95. The van der Waals surface area contributed by atoms with Gasteiger partial charge < -0.3 is 0 Å². The van der Waals surface area contributed by atoms with Gasteiger partial charge in [0.15, 0.2) is 0 Å². The van der Waals surface area contributed by atoms with Crippen molar-refractivity contribution < 1.29 is 0 Å². The van der Waals surface area contributed by atoms with Crippen LogP contribution in [-0.2, 0) is 0 Å². The summed E-state index contributed by atoms with van der Waals surface area (Å²) in [7, 11) is -3.03. The van der Waals surface area contributed by atoms with E-state index in [0.29, 0.717) is 0 Å². The van der Waals surface area contributed by atoms with Crippen molar-refractivity contribution in [3.63, 3.8) is 0 Å². The Morgan fingerprint density at radius 2 is 1.62 bits per heavy atom. The lowest BCUT2D eigenvalue weighted by atomic mass is 10.1. The van der Waals surface area contributed by atoms with Gasteiger partial charge in [0.2, 0.25) is 0 Å². The van der Waals surface area contributed by atoms with Gasteiger partial charge >= 0.3 is 0 Å². The lowest BCUT2D eigenvalue weighted by Crippen LogP contribution is -2.25. The summed E-state index contributed by atoms with van der Waals surface area (Å²) < 4.78 is 0. The second-order valence-corrected chi connectivity index (χ2v) is 18.0. The number of rotatable bonds is 3. The Morgan fingerprint density at radius 3 is 2.08 bits per heavy atom. The molecule has 0 bridgehead atoms. The molecular weight excluding hydrogens is 344 g/mol. The van der Waals surface area contributed by atoms with Gasteiger partial charge in [-0.15, -0.1) is 12.1 Å². The first kappa shape index (κ1) is 20.6. The van der Waals surface area contributed by atoms with Crippen LogP contribution < -0.4 is 0 Å². The number of allylic oxidation sites excluding steroid dienone is 3. The van der Waals surface area contributed by atoms with Gasteiger partial charge in [-0.3, -0.25) is 0 Å². The second kappa shape index (κ2) is 8.59. The number of halogens is 1. The van der Waals surface area contributed by atoms with Crippen LogP contribution in [0.3, 0.4) is 0 Å². The van der Waals surface area contributed by atoms with E-state index in [9.17, 15) is 0 Å². The van der Waals surface area contributed by atoms with Crippen molar-refractivity contribution in [2.24, 2.45) is 0 Å². The van der Waals surface area contributed by atoms with E-state index in [1.54, 1.807) is 0 Å². The molecule has 0 saturated heterocycles. The molecule has 0 spiro atoms. The van der Waals surface area contributed by atoms with Crippen LogP contribution in [0.4, 0.5) is 0 Å². The molecule has 1 aromatic carbocycles. The van der Waals surface area contributed by atoms with Crippen molar-refractivity contribution in [2.45, 2.75) is 45.7 Å². The van der Waals surface area contributed by atoms with E-state index in [-0.39, 0.29) is 0 Å². The molecule has 0 fully saturated rings. The molecule has 0 aliphatic heterocycles. The molecule has 0 aliphatic rings. The third kappa shape index (κ3) is 7.41. The van der Waals surface area contributed by atoms with Crippen LogP contribution in [0.5, 0.6) is 0 Å². The quantitative estimate of drug-likeness (QED) is 0.331. The zero-order chi connectivity index (χ0) is 18.4.